The highest BCUT2D eigenvalue weighted by Crippen LogP contribution is 2.25. The number of nitro groups is 2. The molecular weight excluding hydrogens is 408 g/mol. The van der Waals surface area contributed by atoms with Gasteiger partial charge in [-0.05, 0) is 26.0 Å². The van der Waals surface area contributed by atoms with Crippen molar-refractivity contribution < 1.29 is 19.4 Å². The van der Waals surface area contributed by atoms with Gasteiger partial charge < -0.3 is 10.6 Å². The van der Waals surface area contributed by atoms with Crippen molar-refractivity contribution in [3.63, 3.8) is 0 Å². The largest absolute Gasteiger partial charge is 0.321 e. The zero-order valence-electron chi connectivity index (χ0n) is 16.3. The molecule has 0 radical (unpaired) electrons. The van der Waals surface area contributed by atoms with Crippen LogP contribution in [0.15, 0.2) is 42.5 Å². The Kier molecular flexibility index (Phi) is 5.72. The van der Waals surface area contributed by atoms with Gasteiger partial charge in [0, 0.05) is 12.1 Å². The molecule has 2 aromatic carbocycles. The molecule has 0 saturated heterocycles. The van der Waals surface area contributed by atoms with E-state index in [4.69, 9.17) is 0 Å². The van der Waals surface area contributed by atoms with E-state index in [9.17, 15) is 29.8 Å². The number of amides is 2. The normalized spacial score (nSPS) is 10.4. The number of H-pyrrole nitrogens is 1. The highest BCUT2D eigenvalue weighted by molar-refractivity contribution is 6.13. The molecule has 0 atom stereocenters. The molecule has 1 heterocycles. The summed E-state index contributed by atoms with van der Waals surface area (Å²) in [4.78, 5) is 45.9. The summed E-state index contributed by atoms with van der Waals surface area (Å²) in [6.45, 7) is 3.44. The lowest BCUT2D eigenvalue weighted by Crippen LogP contribution is -2.19. The summed E-state index contributed by atoms with van der Waals surface area (Å²) in [5, 5.41) is 34.0. The summed E-state index contributed by atoms with van der Waals surface area (Å²) >= 11 is 0. The third-order valence-electron chi connectivity index (χ3n) is 4.37. The van der Waals surface area contributed by atoms with Crippen LogP contribution in [0.25, 0.3) is 0 Å². The molecule has 2 amide bonds. The number of hydrogen-bond donors (Lipinski definition) is 3. The number of anilines is 2. The minimum absolute atomic E-state index is 0.121. The molecule has 0 aliphatic rings. The number of hydrogen-bond acceptors (Lipinski definition) is 7. The zero-order chi connectivity index (χ0) is 22.7. The Morgan fingerprint density at radius 1 is 0.935 bits per heavy atom. The lowest BCUT2D eigenvalue weighted by atomic mass is 10.1. The molecule has 0 fully saturated rings. The van der Waals surface area contributed by atoms with Gasteiger partial charge in [0.25, 0.3) is 23.2 Å². The molecule has 0 aliphatic heterocycles. The monoisotopic (exact) mass is 424 g/mol. The third kappa shape index (κ3) is 4.53. The first-order valence-corrected chi connectivity index (χ1v) is 8.84. The first-order valence-electron chi connectivity index (χ1n) is 8.84. The van der Waals surface area contributed by atoms with Gasteiger partial charge in [0.15, 0.2) is 0 Å². The maximum absolute atomic E-state index is 12.8. The first-order chi connectivity index (χ1) is 14.7. The number of nitrogens with zero attached hydrogens (tertiary/aromatic N) is 3. The topological polar surface area (TPSA) is 173 Å². The summed E-state index contributed by atoms with van der Waals surface area (Å²) in [6, 6.07) is 8.72. The summed E-state index contributed by atoms with van der Waals surface area (Å²) in [6.07, 6.45) is 0. The maximum atomic E-state index is 12.8. The molecule has 0 aliphatic carbocycles. The van der Waals surface area contributed by atoms with Crippen LogP contribution in [0.4, 0.5) is 22.7 Å². The average Bonchev–Trinajstić information content (AvgIpc) is 3.05. The number of non-ortho nitro benzene ring substituents is 2. The van der Waals surface area contributed by atoms with Crippen LogP contribution in [0.3, 0.4) is 0 Å². The van der Waals surface area contributed by atoms with E-state index >= 15 is 0 Å². The molecule has 3 rings (SSSR count). The SMILES string of the molecule is Cc1n[nH]c(C)c1NC(=O)c1ccccc1NC(=O)c1cc([N+](=O)[O-])cc([N+](=O)[O-])c1. The highest BCUT2D eigenvalue weighted by Gasteiger charge is 2.21. The second-order valence-corrected chi connectivity index (χ2v) is 6.52. The van der Waals surface area contributed by atoms with E-state index in [1.54, 1.807) is 26.0 Å². The van der Waals surface area contributed by atoms with Crippen LogP contribution < -0.4 is 10.6 Å². The van der Waals surface area contributed by atoms with E-state index in [1.807, 2.05) is 0 Å². The van der Waals surface area contributed by atoms with E-state index in [0.717, 1.165) is 18.2 Å². The summed E-state index contributed by atoms with van der Waals surface area (Å²) in [7, 11) is 0. The molecule has 158 valence electrons. The predicted molar refractivity (Wildman–Crippen MR) is 110 cm³/mol. The number of benzene rings is 2. The third-order valence-corrected chi connectivity index (χ3v) is 4.37. The Morgan fingerprint density at radius 2 is 1.55 bits per heavy atom. The molecule has 12 heteroatoms. The number of rotatable bonds is 6. The number of carbonyl (C=O) groups excluding carboxylic acids is 2. The van der Waals surface area contributed by atoms with Gasteiger partial charge in [-0.3, -0.25) is 34.9 Å². The second kappa shape index (κ2) is 8.41. The van der Waals surface area contributed by atoms with Crippen LogP contribution >= 0.6 is 0 Å². The molecule has 1 aromatic heterocycles. The van der Waals surface area contributed by atoms with E-state index in [2.05, 4.69) is 20.8 Å². The van der Waals surface area contributed by atoms with E-state index in [1.165, 1.54) is 12.1 Å². The molecular formula is C19H16N6O6. The number of aryl methyl sites for hydroxylation is 2. The van der Waals surface area contributed by atoms with Gasteiger partial charge in [-0.1, -0.05) is 12.1 Å². The van der Waals surface area contributed by atoms with Gasteiger partial charge in [0.2, 0.25) is 0 Å². The van der Waals surface area contributed by atoms with Crippen molar-refractivity contribution in [2.45, 2.75) is 13.8 Å². The fourth-order valence-electron chi connectivity index (χ4n) is 2.84. The number of para-hydroxylation sites is 1. The van der Waals surface area contributed by atoms with Gasteiger partial charge in [0.05, 0.1) is 49.8 Å². The molecule has 0 unspecified atom stereocenters. The Bertz CT molecular complexity index is 1170. The van der Waals surface area contributed by atoms with Crippen LogP contribution in [-0.2, 0) is 0 Å². The number of nitro benzene ring substituents is 2. The van der Waals surface area contributed by atoms with Crippen molar-refractivity contribution in [3.8, 4) is 0 Å². The number of aromatic amines is 1. The molecule has 31 heavy (non-hydrogen) atoms. The standard InChI is InChI=1S/C19H16N6O6/c1-10-17(11(2)23-22-10)21-19(27)15-5-3-4-6-16(15)20-18(26)12-7-13(24(28)29)9-14(8-12)25(30)31/h3-9H,1-2H3,(H,20,26)(H,21,27)(H,22,23). The van der Waals surface area contributed by atoms with Crippen molar-refractivity contribution >= 4 is 34.6 Å². The Balaban J connectivity index is 1.90. The molecule has 12 nitrogen and oxygen atoms in total. The lowest BCUT2D eigenvalue weighted by Gasteiger charge is -2.12. The van der Waals surface area contributed by atoms with E-state index in [0.29, 0.717) is 17.1 Å². The first kappa shape index (κ1) is 21.1. The van der Waals surface area contributed by atoms with Crippen molar-refractivity contribution in [1.29, 1.82) is 0 Å². The Morgan fingerprint density at radius 3 is 2.10 bits per heavy atom. The van der Waals surface area contributed by atoms with Gasteiger partial charge in [-0.15, -0.1) is 0 Å². The average molecular weight is 424 g/mol. The Labute approximate surface area is 174 Å². The summed E-state index contributed by atoms with van der Waals surface area (Å²) < 4.78 is 0. The van der Waals surface area contributed by atoms with Crippen molar-refractivity contribution in [2.75, 3.05) is 10.6 Å². The fraction of sp³-hybridized carbons (Fsp3) is 0.105. The van der Waals surface area contributed by atoms with Gasteiger partial charge >= 0.3 is 0 Å². The number of carbonyl (C=O) groups is 2. The van der Waals surface area contributed by atoms with Crippen LogP contribution in [0, 0.1) is 34.1 Å². The van der Waals surface area contributed by atoms with Gasteiger partial charge in [-0.2, -0.15) is 5.10 Å². The van der Waals surface area contributed by atoms with Crippen molar-refractivity contribution in [2.24, 2.45) is 0 Å². The van der Waals surface area contributed by atoms with Gasteiger partial charge in [0.1, 0.15) is 0 Å². The van der Waals surface area contributed by atoms with Crippen molar-refractivity contribution in [1.82, 2.24) is 10.2 Å². The summed E-state index contributed by atoms with van der Waals surface area (Å²) in [5.74, 6) is -1.36. The lowest BCUT2D eigenvalue weighted by molar-refractivity contribution is -0.394. The van der Waals surface area contributed by atoms with Crippen LogP contribution in [0.2, 0.25) is 0 Å². The molecule has 0 saturated carbocycles. The molecule has 0 spiro atoms. The minimum atomic E-state index is -0.845. The number of nitrogens with one attached hydrogen (secondary N) is 3. The second-order valence-electron chi connectivity index (χ2n) is 6.52. The van der Waals surface area contributed by atoms with Crippen LogP contribution in [-0.4, -0.2) is 31.9 Å². The zero-order valence-corrected chi connectivity index (χ0v) is 16.3. The predicted octanol–water partition coefficient (Wildman–Crippen LogP) is 3.35. The maximum Gasteiger partial charge on any atom is 0.277 e. The van der Waals surface area contributed by atoms with Gasteiger partial charge in [-0.25, -0.2) is 0 Å². The summed E-state index contributed by atoms with van der Waals surface area (Å²) in [5.41, 5.74) is 0.479. The smallest absolute Gasteiger partial charge is 0.277 e. The van der Waals surface area contributed by atoms with Crippen LogP contribution in [0.1, 0.15) is 32.1 Å². The number of aromatic nitrogens is 2. The quantitative estimate of drug-likeness (QED) is 0.402. The molecule has 0 bridgehead atoms. The highest BCUT2D eigenvalue weighted by atomic mass is 16.6. The fourth-order valence-corrected chi connectivity index (χ4v) is 2.84. The van der Waals surface area contributed by atoms with Crippen molar-refractivity contribution in [3.05, 3.63) is 85.2 Å². The van der Waals surface area contributed by atoms with E-state index in [-0.39, 0.29) is 16.8 Å². The molecule has 3 aromatic rings. The van der Waals surface area contributed by atoms with E-state index < -0.39 is 33.0 Å². The Hall–Kier alpha value is -4.61. The molecule has 3 N–H and O–H groups in total. The van der Waals surface area contributed by atoms with Crippen LogP contribution in [0.5, 0.6) is 0 Å². The minimum Gasteiger partial charge on any atom is -0.321 e.